The number of hydrogen-bond donors (Lipinski definition) is 0. The summed E-state index contributed by atoms with van der Waals surface area (Å²) in [4.78, 5) is 23.9. The number of allylic oxidation sites excluding steroid dienone is 2. The van der Waals surface area contributed by atoms with E-state index in [2.05, 4.69) is 15.5 Å². The maximum Gasteiger partial charge on any atom is 0.344 e. The summed E-state index contributed by atoms with van der Waals surface area (Å²) in [6, 6.07) is 2.98. The number of ketones is 1. The molecule has 142 valence electrons. The van der Waals surface area contributed by atoms with Gasteiger partial charge in [-0.1, -0.05) is 23.2 Å². The largest absolute Gasteiger partial charge is 0.490 e. The normalized spacial score (nSPS) is 14.0. The number of nitrogens with zero attached hydrogens (tertiary/aromatic N) is 4. The van der Waals surface area contributed by atoms with Crippen molar-refractivity contribution in [2.24, 2.45) is 0 Å². The second-order valence-electron chi connectivity index (χ2n) is 5.83. The molecule has 27 heavy (non-hydrogen) atoms. The number of hydrogen-bond acceptors (Lipinski definition) is 7. The predicted octanol–water partition coefficient (Wildman–Crippen LogP) is 3.24. The average molecular weight is 411 g/mol. The maximum absolute atomic E-state index is 12.4. The van der Waals surface area contributed by atoms with Crippen LogP contribution in [0.2, 0.25) is 10.0 Å². The van der Waals surface area contributed by atoms with Crippen molar-refractivity contribution in [1.82, 2.24) is 20.2 Å². The third-order valence-electron chi connectivity index (χ3n) is 3.83. The van der Waals surface area contributed by atoms with Crippen LogP contribution in [-0.4, -0.2) is 38.6 Å². The summed E-state index contributed by atoms with van der Waals surface area (Å²) in [6.45, 7) is 0.865. The fourth-order valence-corrected chi connectivity index (χ4v) is 3.08. The van der Waals surface area contributed by atoms with Gasteiger partial charge >= 0.3 is 5.97 Å². The Balaban J connectivity index is 1.65. The molecule has 10 heteroatoms. The van der Waals surface area contributed by atoms with Gasteiger partial charge < -0.3 is 9.47 Å². The van der Waals surface area contributed by atoms with Gasteiger partial charge in [0.25, 0.3) is 0 Å². The SMILES string of the molecule is O=C1C=C(OC(=O)c2ccc(Cl)c(OCCCn3cnnn3)c2Cl)CCC1. The van der Waals surface area contributed by atoms with Gasteiger partial charge in [-0.15, -0.1) is 5.10 Å². The van der Waals surface area contributed by atoms with Gasteiger partial charge in [-0.05, 0) is 29.0 Å². The predicted molar refractivity (Wildman–Crippen MR) is 96.7 cm³/mol. The highest BCUT2D eigenvalue weighted by Gasteiger charge is 2.21. The standard InChI is InChI=1S/C17H16Cl2N4O4/c18-14-6-5-13(17(25)27-12-4-1-3-11(24)9-12)15(19)16(14)26-8-2-7-23-10-20-21-22-23/h5-6,9-10H,1-4,7-8H2. The van der Waals surface area contributed by atoms with E-state index in [-0.39, 0.29) is 27.1 Å². The van der Waals surface area contributed by atoms with Gasteiger partial charge in [-0.3, -0.25) is 4.79 Å². The summed E-state index contributed by atoms with van der Waals surface area (Å²) in [5.41, 5.74) is 0.121. The molecule has 1 heterocycles. The van der Waals surface area contributed by atoms with E-state index in [0.29, 0.717) is 44.6 Å². The van der Waals surface area contributed by atoms with Crippen molar-refractivity contribution in [2.45, 2.75) is 32.2 Å². The molecule has 1 aromatic carbocycles. The highest BCUT2D eigenvalue weighted by atomic mass is 35.5. The number of rotatable bonds is 7. The number of ether oxygens (including phenoxy) is 2. The van der Waals surface area contributed by atoms with Crippen LogP contribution in [0.5, 0.6) is 5.75 Å². The molecular formula is C17H16Cl2N4O4. The summed E-state index contributed by atoms with van der Waals surface area (Å²) in [6.07, 6.45) is 5.11. The van der Waals surface area contributed by atoms with Crippen LogP contribution in [0.4, 0.5) is 0 Å². The van der Waals surface area contributed by atoms with Crippen LogP contribution >= 0.6 is 23.2 Å². The van der Waals surface area contributed by atoms with E-state index >= 15 is 0 Å². The lowest BCUT2D eigenvalue weighted by molar-refractivity contribution is -0.115. The lowest BCUT2D eigenvalue weighted by atomic mass is 10.1. The Hall–Kier alpha value is -2.45. The molecule has 0 saturated carbocycles. The molecule has 0 fully saturated rings. The number of aryl methyl sites for hydroxylation is 1. The first-order chi connectivity index (χ1) is 13.0. The van der Waals surface area contributed by atoms with Gasteiger partial charge in [0.15, 0.2) is 11.5 Å². The van der Waals surface area contributed by atoms with Crippen molar-refractivity contribution in [3.8, 4) is 5.75 Å². The smallest absolute Gasteiger partial charge is 0.344 e. The molecule has 0 N–H and O–H groups in total. The molecule has 2 aromatic rings. The van der Waals surface area contributed by atoms with Crippen LogP contribution < -0.4 is 4.74 Å². The summed E-state index contributed by atoms with van der Waals surface area (Å²) in [5.74, 6) is -0.168. The Kier molecular flexibility index (Phi) is 6.41. The minimum absolute atomic E-state index is 0.0575. The van der Waals surface area contributed by atoms with Gasteiger partial charge in [0.05, 0.1) is 22.2 Å². The van der Waals surface area contributed by atoms with Crippen molar-refractivity contribution >= 4 is 35.0 Å². The van der Waals surface area contributed by atoms with E-state index in [1.165, 1.54) is 24.5 Å². The zero-order valence-corrected chi connectivity index (χ0v) is 15.7. The molecule has 0 bridgehead atoms. The number of carbonyl (C=O) groups is 2. The van der Waals surface area contributed by atoms with Crippen molar-refractivity contribution in [3.05, 3.63) is 45.9 Å². The van der Waals surface area contributed by atoms with E-state index in [1.807, 2.05) is 0 Å². The Bertz CT molecular complexity index is 868. The lowest BCUT2D eigenvalue weighted by Crippen LogP contribution is -2.11. The van der Waals surface area contributed by atoms with Crippen molar-refractivity contribution in [1.29, 1.82) is 0 Å². The minimum Gasteiger partial charge on any atom is -0.490 e. The van der Waals surface area contributed by atoms with Gasteiger partial charge in [0, 0.05) is 31.9 Å². The van der Waals surface area contributed by atoms with Crippen LogP contribution in [-0.2, 0) is 16.1 Å². The van der Waals surface area contributed by atoms with E-state index in [9.17, 15) is 9.59 Å². The molecule has 0 saturated heterocycles. The molecule has 0 spiro atoms. The van der Waals surface area contributed by atoms with Crippen LogP contribution in [0, 0.1) is 0 Å². The zero-order valence-electron chi connectivity index (χ0n) is 14.2. The first-order valence-electron chi connectivity index (χ1n) is 8.32. The molecule has 0 aliphatic heterocycles. The van der Waals surface area contributed by atoms with Crippen LogP contribution in [0.25, 0.3) is 0 Å². The molecule has 1 aliphatic carbocycles. The first kappa shape index (κ1) is 19.3. The number of halogens is 2. The van der Waals surface area contributed by atoms with E-state index in [4.69, 9.17) is 32.7 Å². The first-order valence-corrected chi connectivity index (χ1v) is 9.07. The Labute approximate surface area is 165 Å². The Morgan fingerprint density at radius 3 is 2.85 bits per heavy atom. The molecule has 1 aliphatic rings. The van der Waals surface area contributed by atoms with Crippen molar-refractivity contribution < 1.29 is 19.1 Å². The fourth-order valence-electron chi connectivity index (χ4n) is 2.52. The third kappa shape index (κ3) is 5.05. The highest BCUT2D eigenvalue weighted by Crippen LogP contribution is 2.36. The molecule has 0 atom stereocenters. The number of esters is 1. The van der Waals surface area contributed by atoms with E-state index in [0.717, 1.165) is 0 Å². The topological polar surface area (TPSA) is 96.2 Å². The van der Waals surface area contributed by atoms with Crippen LogP contribution in [0.15, 0.2) is 30.3 Å². The van der Waals surface area contributed by atoms with Crippen molar-refractivity contribution in [3.63, 3.8) is 0 Å². The molecule has 1 aromatic heterocycles. The third-order valence-corrected chi connectivity index (χ3v) is 4.50. The number of tetrazole rings is 1. The second kappa shape index (κ2) is 8.96. The van der Waals surface area contributed by atoms with Crippen molar-refractivity contribution in [2.75, 3.05) is 6.61 Å². The van der Waals surface area contributed by atoms with Gasteiger partial charge in [-0.25, -0.2) is 9.48 Å². The Morgan fingerprint density at radius 1 is 1.26 bits per heavy atom. The maximum atomic E-state index is 12.4. The summed E-state index contributed by atoms with van der Waals surface area (Å²) >= 11 is 12.4. The van der Waals surface area contributed by atoms with Gasteiger partial charge in [0.2, 0.25) is 0 Å². The lowest BCUT2D eigenvalue weighted by Gasteiger charge is -2.15. The quantitative estimate of drug-likeness (QED) is 0.510. The van der Waals surface area contributed by atoms with Crippen LogP contribution in [0.3, 0.4) is 0 Å². The molecule has 8 nitrogen and oxygen atoms in total. The second-order valence-corrected chi connectivity index (χ2v) is 6.62. The molecule has 0 radical (unpaired) electrons. The summed E-state index contributed by atoms with van der Waals surface area (Å²) in [5, 5.41) is 11.2. The minimum atomic E-state index is -0.656. The molecular weight excluding hydrogens is 395 g/mol. The average Bonchev–Trinajstić information content (AvgIpc) is 3.14. The van der Waals surface area contributed by atoms with Gasteiger partial charge in [-0.2, -0.15) is 0 Å². The van der Waals surface area contributed by atoms with E-state index < -0.39 is 5.97 Å². The zero-order chi connectivity index (χ0) is 19.2. The summed E-state index contributed by atoms with van der Waals surface area (Å²) < 4.78 is 12.5. The monoisotopic (exact) mass is 410 g/mol. The van der Waals surface area contributed by atoms with Gasteiger partial charge in [0.1, 0.15) is 12.1 Å². The number of benzene rings is 1. The fraction of sp³-hybridized carbons (Fsp3) is 0.353. The summed E-state index contributed by atoms with van der Waals surface area (Å²) in [7, 11) is 0. The number of aromatic nitrogens is 4. The van der Waals surface area contributed by atoms with Crippen LogP contribution in [0.1, 0.15) is 36.0 Å². The highest BCUT2D eigenvalue weighted by molar-refractivity contribution is 6.39. The molecule has 0 unspecified atom stereocenters. The van der Waals surface area contributed by atoms with E-state index in [1.54, 1.807) is 4.68 Å². The molecule has 0 amide bonds. The number of carbonyl (C=O) groups excluding carboxylic acids is 2. The molecule has 3 rings (SSSR count). The Morgan fingerprint density at radius 2 is 2.11 bits per heavy atom.